The number of phenols is 1. The van der Waals surface area contributed by atoms with Crippen LogP contribution in [0.25, 0.3) is 10.9 Å². The number of aryl methyl sites for hydroxylation is 1. The normalized spacial score (nSPS) is 12.1. The summed E-state index contributed by atoms with van der Waals surface area (Å²) < 4.78 is 0. The van der Waals surface area contributed by atoms with Crippen molar-refractivity contribution >= 4 is 39.9 Å². The van der Waals surface area contributed by atoms with E-state index in [2.05, 4.69) is 15.3 Å². The van der Waals surface area contributed by atoms with Crippen molar-refractivity contribution < 1.29 is 5.11 Å². The summed E-state index contributed by atoms with van der Waals surface area (Å²) >= 11 is 12.3. The van der Waals surface area contributed by atoms with E-state index in [0.717, 1.165) is 16.6 Å². The van der Waals surface area contributed by atoms with E-state index in [0.29, 0.717) is 26.9 Å². The first-order chi connectivity index (χ1) is 13.5. The molecule has 0 fully saturated rings. The first kappa shape index (κ1) is 18.5. The number of hydrogen-bond acceptors (Lipinski definition) is 4. The van der Waals surface area contributed by atoms with Crippen molar-refractivity contribution in [3.63, 3.8) is 0 Å². The van der Waals surface area contributed by atoms with Crippen molar-refractivity contribution in [2.75, 3.05) is 5.32 Å². The third-order valence-electron chi connectivity index (χ3n) is 4.55. The van der Waals surface area contributed by atoms with Crippen molar-refractivity contribution in [1.82, 2.24) is 9.97 Å². The molecule has 2 aromatic heterocycles. The molecule has 2 aromatic carbocycles. The molecule has 4 aromatic rings. The standard InChI is InChI=1S/C22H17Cl2N3O/c1-13-5-6-14-7-9-16(22(28)21(14)26-13)20(27-19-4-2-3-11-25-19)15-8-10-17(23)18(24)12-15/h2-12,20,28H,1H3,(H,25,27). The van der Waals surface area contributed by atoms with Crippen molar-refractivity contribution in [1.29, 1.82) is 0 Å². The first-order valence-corrected chi connectivity index (χ1v) is 9.50. The van der Waals surface area contributed by atoms with E-state index < -0.39 is 6.04 Å². The van der Waals surface area contributed by atoms with Crippen LogP contribution < -0.4 is 5.32 Å². The maximum atomic E-state index is 11.0. The van der Waals surface area contributed by atoms with Gasteiger partial charge in [0.05, 0.1) is 16.1 Å². The van der Waals surface area contributed by atoms with Gasteiger partial charge < -0.3 is 10.4 Å². The molecular formula is C22H17Cl2N3O. The quantitative estimate of drug-likeness (QED) is 0.424. The molecule has 4 nitrogen and oxygen atoms in total. The summed E-state index contributed by atoms with van der Waals surface area (Å²) in [7, 11) is 0. The van der Waals surface area contributed by atoms with Crippen LogP contribution in [0.1, 0.15) is 22.9 Å². The van der Waals surface area contributed by atoms with Crippen LogP contribution in [0.5, 0.6) is 5.75 Å². The molecule has 2 heterocycles. The summed E-state index contributed by atoms with van der Waals surface area (Å²) in [5, 5.41) is 16.2. The number of anilines is 1. The van der Waals surface area contributed by atoms with Gasteiger partial charge in [-0.2, -0.15) is 0 Å². The minimum atomic E-state index is -0.392. The Morgan fingerprint density at radius 2 is 1.79 bits per heavy atom. The molecule has 2 N–H and O–H groups in total. The van der Waals surface area contributed by atoms with Crippen LogP contribution in [0.15, 0.2) is 66.9 Å². The number of halogens is 2. The number of aromatic nitrogens is 2. The van der Waals surface area contributed by atoms with Crippen molar-refractivity contribution in [2.45, 2.75) is 13.0 Å². The molecule has 6 heteroatoms. The number of hydrogen-bond donors (Lipinski definition) is 2. The predicted octanol–water partition coefficient (Wildman–Crippen LogP) is 6.15. The van der Waals surface area contributed by atoms with Gasteiger partial charge in [-0.1, -0.05) is 53.5 Å². The summed E-state index contributed by atoms with van der Waals surface area (Å²) in [4.78, 5) is 8.86. The zero-order chi connectivity index (χ0) is 19.7. The van der Waals surface area contributed by atoms with E-state index in [1.807, 2.05) is 55.5 Å². The average molecular weight is 410 g/mol. The molecule has 0 saturated carbocycles. The summed E-state index contributed by atoms with van der Waals surface area (Å²) in [5.74, 6) is 0.802. The Morgan fingerprint density at radius 3 is 2.54 bits per heavy atom. The Balaban J connectivity index is 1.88. The minimum absolute atomic E-state index is 0.126. The topological polar surface area (TPSA) is 58.0 Å². The van der Waals surface area contributed by atoms with Gasteiger partial charge in [0.15, 0.2) is 0 Å². The Labute approximate surface area is 172 Å². The molecule has 28 heavy (non-hydrogen) atoms. The maximum absolute atomic E-state index is 11.0. The predicted molar refractivity (Wildman–Crippen MR) is 114 cm³/mol. The van der Waals surface area contributed by atoms with Gasteiger partial charge in [-0.25, -0.2) is 9.97 Å². The monoisotopic (exact) mass is 409 g/mol. The molecule has 0 aliphatic rings. The van der Waals surface area contributed by atoms with E-state index in [9.17, 15) is 5.11 Å². The number of aromatic hydroxyl groups is 1. The molecule has 1 atom stereocenters. The number of fused-ring (bicyclic) bond motifs is 1. The number of nitrogens with zero attached hydrogens (tertiary/aromatic N) is 2. The number of pyridine rings is 2. The van der Waals surface area contributed by atoms with Crippen LogP contribution in [-0.2, 0) is 0 Å². The van der Waals surface area contributed by atoms with E-state index in [1.165, 1.54) is 0 Å². The third-order valence-corrected chi connectivity index (χ3v) is 5.29. The van der Waals surface area contributed by atoms with Crippen LogP contribution in [0.3, 0.4) is 0 Å². The fourth-order valence-electron chi connectivity index (χ4n) is 3.15. The zero-order valence-electron chi connectivity index (χ0n) is 15.0. The molecule has 1 unspecified atom stereocenters. The summed E-state index contributed by atoms with van der Waals surface area (Å²) in [6.07, 6.45) is 1.71. The average Bonchev–Trinajstić information content (AvgIpc) is 2.70. The Kier molecular flexibility index (Phi) is 5.07. The van der Waals surface area contributed by atoms with Crippen LogP contribution in [0.2, 0.25) is 10.0 Å². The van der Waals surface area contributed by atoms with Crippen LogP contribution >= 0.6 is 23.2 Å². The highest BCUT2D eigenvalue weighted by atomic mass is 35.5. The Bertz CT molecular complexity index is 1150. The van der Waals surface area contributed by atoms with Crippen molar-refractivity contribution in [3.8, 4) is 5.75 Å². The molecule has 4 rings (SSSR count). The molecule has 0 amide bonds. The summed E-state index contributed by atoms with van der Waals surface area (Å²) in [6.45, 7) is 1.90. The van der Waals surface area contributed by atoms with E-state index >= 15 is 0 Å². The molecule has 0 aliphatic carbocycles. The lowest BCUT2D eigenvalue weighted by atomic mass is 9.96. The van der Waals surface area contributed by atoms with Gasteiger partial charge >= 0.3 is 0 Å². The van der Waals surface area contributed by atoms with E-state index in [4.69, 9.17) is 23.2 Å². The van der Waals surface area contributed by atoms with Crippen LogP contribution in [-0.4, -0.2) is 15.1 Å². The zero-order valence-corrected chi connectivity index (χ0v) is 16.5. The van der Waals surface area contributed by atoms with Gasteiger partial charge in [0.1, 0.15) is 17.1 Å². The highest BCUT2D eigenvalue weighted by Gasteiger charge is 2.21. The highest BCUT2D eigenvalue weighted by molar-refractivity contribution is 6.42. The third kappa shape index (κ3) is 3.61. The van der Waals surface area contributed by atoms with Gasteiger partial charge in [0.2, 0.25) is 0 Å². The van der Waals surface area contributed by atoms with Gasteiger partial charge in [-0.3, -0.25) is 0 Å². The number of phenolic OH excluding ortho intramolecular Hbond substituents is 1. The van der Waals surface area contributed by atoms with Crippen molar-refractivity contribution in [3.05, 3.63) is 93.7 Å². The van der Waals surface area contributed by atoms with Crippen LogP contribution in [0.4, 0.5) is 5.82 Å². The fraction of sp³-hybridized carbons (Fsp3) is 0.0909. The van der Waals surface area contributed by atoms with Gasteiger partial charge in [-0.15, -0.1) is 0 Å². The molecule has 0 radical (unpaired) electrons. The first-order valence-electron chi connectivity index (χ1n) is 8.74. The van der Waals surface area contributed by atoms with E-state index in [1.54, 1.807) is 18.3 Å². The summed E-state index contributed by atoms with van der Waals surface area (Å²) in [5.41, 5.74) is 2.92. The van der Waals surface area contributed by atoms with Gasteiger partial charge in [0, 0.05) is 22.8 Å². The molecular weight excluding hydrogens is 393 g/mol. The molecule has 0 aliphatic heterocycles. The number of nitrogens with one attached hydrogen (secondary N) is 1. The number of benzene rings is 2. The number of rotatable bonds is 4. The minimum Gasteiger partial charge on any atom is -0.505 e. The fourth-order valence-corrected chi connectivity index (χ4v) is 3.45. The highest BCUT2D eigenvalue weighted by Crippen LogP contribution is 2.37. The second kappa shape index (κ2) is 7.66. The Morgan fingerprint density at radius 1 is 0.964 bits per heavy atom. The SMILES string of the molecule is Cc1ccc2ccc(C(Nc3ccccn3)c3ccc(Cl)c(Cl)c3)c(O)c2n1. The lowest BCUT2D eigenvalue weighted by Gasteiger charge is -2.22. The summed E-state index contributed by atoms with van der Waals surface area (Å²) in [6, 6.07) is 18.3. The van der Waals surface area contributed by atoms with Gasteiger partial charge in [0.25, 0.3) is 0 Å². The smallest absolute Gasteiger partial charge is 0.147 e. The molecule has 0 bridgehead atoms. The lowest BCUT2D eigenvalue weighted by Crippen LogP contribution is -2.13. The van der Waals surface area contributed by atoms with Crippen molar-refractivity contribution in [2.24, 2.45) is 0 Å². The molecule has 0 saturated heterocycles. The maximum Gasteiger partial charge on any atom is 0.147 e. The van der Waals surface area contributed by atoms with Gasteiger partial charge in [-0.05, 0) is 42.8 Å². The second-order valence-corrected chi connectivity index (χ2v) is 7.31. The Hall–Kier alpha value is -2.82. The largest absolute Gasteiger partial charge is 0.505 e. The van der Waals surface area contributed by atoms with Crippen LogP contribution in [0, 0.1) is 6.92 Å². The van der Waals surface area contributed by atoms with E-state index in [-0.39, 0.29) is 5.75 Å². The lowest BCUT2D eigenvalue weighted by molar-refractivity contribution is 0.471. The molecule has 0 spiro atoms. The second-order valence-electron chi connectivity index (χ2n) is 6.49. The molecule has 140 valence electrons.